The van der Waals surface area contributed by atoms with Crippen LogP contribution < -0.4 is 4.90 Å². The highest BCUT2D eigenvalue weighted by atomic mass is 16.4. The number of pyridine rings is 1. The molecule has 0 aliphatic rings. The number of aromatic nitrogens is 1. The summed E-state index contributed by atoms with van der Waals surface area (Å²) in [5.74, 6) is -0.941. The molecule has 0 fully saturated rings. The first-order chi connectivity index (χ1) is 10.1. The second-order valence-electron chi connectivity index (χ2n) is 4.89. The highest BCUT2D eigenvalue weighted by Crippen LogP contribution is 2.22. The average Bonchev–Trinajstić information content (AvgIpc) is 2.46. The molecule has 0 aliphatic heterocycles. The molecule has 0 saturated heterocycles. The maximum Gasteiger partial charge on any atom is 0.328 e. The summed E-state index contributed by atoms with van der Waals surface area (Å²) < 4.78 is 0. The Morgan fingerprint density at radius 1 is 1.33 bits per heavy atom. The highest BCUT2D eigenvalue weighted by molar-refractivity contribution is 5.85. The molecule has 1 N–H and O–H groups in total. The van der Waals surface area contributed by atoms with Crippen LogP contribution >= 0.6 is 0 Å². The fourth-order valence-electron chi connectivity index (χ4n) is 2.20. The van der Waals surface area contributed by atoms with E-state index in [4.69, 9.17) is 5.11 Å². The molecule has 0 radical (unpaired) electrons. The Balaban J connectivity index is 2.15. The van der Waals surface area contributed by atoms with E-state index in [0.29, 0.717) is 0 Å². The van der Waals surface area contributed by atoms with Crippen molar-refractivity contribution in [1.29, 1.82) is 0 Å². The van der Waals surface area contributed by atoms with Crippen molar-refractivity contribution in [2.75, 3.05) is 11.9 Å². The van der Waals surface area contributed by atoms with E-state index >= 15 is 0 Å². The molecule has 4 heteroatoms. The van der Waals surface area contributed by atoms with Crippen molar-refractivity contribution in [2.45, 2.75) is 13.5 Å². The van der Waals surface area contributed by atoms with Gasteiger partial charge in [-0.25, -0.2) is 4.79 Å². The van der Waals surface area contributed by atoms with Crippen LogP contribution in [0.15, 0.2) is 48.7 Å². The van der Waals surface area contributed by atoms with Crippen molar-refractivity contribution < 1.29 is 9.90 Å². The molecule has 0 aliphatic carbocycles. The van der Waals surface area contributed by atoms with Gasteiger partial charge >= 0.3 is 5.97 Å². The number of carboxylic acids is 1. The Labute approximate surface area is 124 Å². The Morgan fingerprint density at radius 3 is 2.76 bits per heavy atom. The van der Waals surface area contributed by atoms with Crippen molar-refractivity contribution in [3.05, 3.63) is 65.5 Å². The van der Waals surface area contributed by atoms with Gasteiger partial charge in [0.1, 0.15) is 0 Å². The fraction of sp³-hybridized carbons (Fsp3) is 0.176. The molecule has 0 saturated carbocycles. The molecule has 21 heavy (non-hydrogen) atoms. The molecule has 2 rings (SSSR count). The summed E-state index contributed by atoms with van der Waals surface area (Å²) in [6.45, 7) is 2.74. The van der Waals surface area contributed by atoms with E-state index in [1.165, 1.54) is 0 Å². The van der Waals surface area contributed by atoms with Gasteiger partial charge in [0.15, 0.2) is 0 Å². The maximum atomic E-state index is 10.5. The van der Waals surface area contributed by atoms with E-state index < -0.39 is 5.97 Å². The number of hydrogen-bond donors (Lipinski definition) is 1. The van der Waals surface area contributed by atoms with Crippen molar-refractivity contribution >= 4 is 17.7 Å². The lowest BCUT2D eigenvalue weighted by Crippen LogP contribution is -2.18. The van der Waals surface area contributed by atoms with Gasteiger partial charge < -0.3 is 10.0 Å². The molecule has 1 aromatic carbocycles. The first-order valence-corrected chi connectivity index (χ1v) is 6.69. The predicted octanol–water partition coefficient (Wildman–Crippen LogP) is 3.12. The zero-order valence-electron chi connectivity index (χ0n) is 12.2. The third-order valence-corrected chi connectivity index (χ3v) is 3.18. The van der Waals surface area contributed by atoms with Gasteiger partial charge in [-0.3, -0.25) is 4.98 Å². The number of anilines is 1. The molecule has 4 nitrogen and oxygen atoms in total. The zero-order valence-corrected chi connectivity index (χ0v) is 12.2. The summed E-state index contributed by atoms with van der Waals surface area (Å²) >= 11 is 0. The smallest absolute Gasteiger partial charge is 0.328 e. The van der Waals surface area contributed by atoms with Crippen LogP contribution in [0.5, 0.6) is 0 Å². The van der Waals surface area contributed by atoms with E-state index in [9.17, 15) is 4.79 Å². The molecule has 0 atom stereocenters. The van der Waals surface area contributed by atoms with Crippen molar-refractivity contribution in [3.8, 4) is 0 Å². The van der Waals surface area contributed by atoms with Crippen LogP contribution in [0.4, 0.5) is 5.69 Å². The lowest BCUT2D eigenvalue weighted by molar-refractivity contribution is -0.131. The second kappa shape index (κ2) is 6.70. The number of benzene rings is 1. The predicted molar refractivity (Wildman–Crippen MR) is 84.2 cm³/mol. The van der Waals surface area contributed by atoms with Crippen molar-refractivity contribution in [1.82, 2.24) is 4.98 Å². The third-order valence-electron chi connectivity index (χ3n) is 3.18. The Morgan fingerprint density at radius 2 is 2.14 bits per heavy atom. The SMILES string of the molecule is Cc1cc(C=CC(=O)O)ccc1N(C)Cc1ccccn1. The lowest BCUT2D eigenvalue weighted by atomic mass is 10.1. The summed E-state index contributed by atoms with van der Waals surface area (Å²) in [5, 5.41) is 8.65. The van der Waals surface area contributed by atoms with E-state index in [1.807, 2.05) is 50.4 Å². The van der Waals surface area contributed by atoms with Crippen LogP contribution in [0.25, 0.3) is 6.08 Å². The number of aryl methyl sites for hydroxylation is 1. The summed E-state index contributed by atoms with van der Waals surface area (Å²) in [5.41, 5.74) is 4.09. The van der Waals surface area contributed by atoms with Gasteiger partial charge in [0.2, 0.25) is 0 Å². The molecule has 1 heterocycles. The molecule has 0 unspecified atom stereocenters. The summed E-state index contributed by atoms with van der Waals surface area (Å²) in [4.78, 5) is 17.0. The quantitative estimate of drug-likeness (QED) is 0.856. The number of aliphatic carboxylic acids is 1. The number of carboxylic acid groups (broad SMARTS) is 1. The van der Waals surface area contributed by atoms with Gasteiger partial charge in [0.25, 0.3) is 0 Å². The van der Waals surface area contributed by atoms with Crippen molar-refractivity contribution in [3.63, 3.8) is 0 Å². The van der Waals surface area contributed by atoms with Gasteiger partial charge in [0, 0.05) is 25.0 Å². The van der Waals surface area contributed by atoms with E-state index in [2.05, 4.69) is 9.88 Å². The fourth-order valence-corrected chi connectivity index (χ4v) is 2.20. The Bertz CT molecular complexity index is 651. The number of rotatable bonds is 5. The summed E-state index contributed by atoms with van der Waals surface area (Å²) in [6, 6.07) is 11.8. The summed E-state index contributed by atoms with van der Waals surface area (Å²) in [7, 11) is 2.02. The van der Waals surface area contributed by atoms with Crippen LogP contribution in [0, 0.1) is 6.92 Å². The monoisotopic (exact) mass is 282 g/mol. The summed E-state index contributed by atoms with van der Waals surface area (Å²) in [6.07, 6.45) is 4.53. The Hall–Kier alpha value is -2.62. The average molecular weight is 282 g/mol. The van der Waals surface area contributed by atoms with Crippen molar-refractivity contribution in [2.24, 2.45) is 0 Å². The minimum absolute atomic E-state index is 0.728. The van der Waals surface area contributed by atoms with Crippen LogP contribution in [0.1, 0.15) is 16.8 Å². The topological polar surface area (TPSA) is 53.4 Å². The van der Waals surface area contributed by atoms with Crippen LogP contribution in [-0.2, 0) is 11.3 Å². The molecule has 0 bridgehead atoms. The number of nitrogens with zero attached hydrogens (tertiary/aromatic N) is 2. The normalized spacial score (nSPS) is 10.8. The molecule has 0 spiro atoms. The first-order valence-electron chi connectivity index (χ1n) is 6.69. The molecule has 108 valence electrons. The van der Waals surface area contributed by atoms with E-state index in [1.54, 1.807) is 12.3 Å². The van der Waals surface area contributed by atoms with Crippen LogP contribution in [-0.4, -0.2) is 23.1 Å². The maximum absolute atomic E-state index is 10.5. The molecular formula is C17H18N2O2. The zero-order chi connectivity index (χ0) is 15.2. The standard InChI is InChI=1S/C17H18N2O2/c1-13-11-14(7-9-17(20)21)6-8-16(13)19(2)12-15-5-3-4-10-18-15/h3-11H,12H2,1-2H3,(H,20,21). The molecule has 2 aromatic rings. The minimum Gasteiger partial charge on any atom is -0.478 e. The second-order valence-corrected chi connectivity index (χ2v) is 4.89. The largest absolute Gasteiger partial charge is 0.478 e. The van der Waals surface area contributed by atoms with Gasteiger partial charge in [-0.15, -0.1) is 0 Å². The number of carbonyl (C=O) groups is 1. The first kappa shape index (κ1) is 14.8. The van der Waals surface area contributed by atoms with Gasteiger partial charge in [-0.1, -0.05) is 12.1 Å². The lowest BCUT2D eigenvalue weighted by Gasteiger charge is -2.21. The van der Waals surface area contributed by atoms with Gasteiger partial charge in [-0.2, -0.15) is 0 Å². The Kier molecular flexibility index (Phi) is 4.72. The number of hydrogen-bond acceptors (Lipinski definition) is 3. The molecular weight excluding hydrogens is 264 g/mol. The van der Waals surface area contributed by atoms with Crippen LogP contribution in [0.3, 0.4) is 0 Å². The van der Waals surface area contributed by atoms with Gasteiger partial charge in [-0.05, 0) is 48.4 Å². The van der Waals surface area contributed by atoms with E-state index in [-0.39, 0.29) is 0 Å². The highest BCUT2D eigenvalue weighted by Gasteiger charge is 2.06. The van der Waals surface area contributed by atoms with Gasteiger partial charge in [0.05, 0.1) is 12.2 Å². The molecule has 0 amide bonds. The third kappa shape index (κ3) is 4.18. The van der Waals surface area contributed by atoms with E-state index in [0.717, 1.165) is 35.1 Å². The van der Waals surface area contributed by atoms with Crippen LogP contribution in [0.2, 0.25) is 0 Å². The minimum atomic E-state index is -0.941. The molecule has 1 aromatic heterocycles.